The number of carbonyl (C=O) groups excluding carboxylic acids is 1. The number of aromatic carboxylic acids is 1. The SMILES string of the molecule is Cc1cc(C(=O)O)sc1CCC1CNc2nc(NC(=O)C(C)(C)C)[nH]c(=O)c2C1. The molecule has 0 bridgehead atoms. The van der Waals surface area contributed by atoms with Crippen LogP contribution in [0.1, 0.15) is 52.9 Å². The van der Waals surface area contributed by atoms with Gasteiger partial charge in [-0.3, -0.25) is 19.9 Å². The van der Waals surface area contributed by atoms with E-state index in [2.05, 4.69) is 20.6 Å². The van der Waals surface area contributed by atoms with Gasteiger partial charge >= 0.3 is 5.97 Å². The number of nitrogens with one attached hydrogen (secondary N) is 3. The fraction of sp³-hybridized carbons (Fsp3) is 0.500. The summed E-state index contributed by atoms with van der Waals surface area (Å²) in [6, 6.07) is 1.71. The minimum Gasteiger partial charge on any atom is -0.477 e. The van der Waals surface area contributed by atoms with Crippen LogP contribution in [0, 0.1) is 18.3 Å². The number of carbonyl (C=O) groups is 2. The van der Waals surface area contributed by atoms with Crippen LogP contribution >= 0.6 is 11.3 Å². The number of amides is 1. The van der Waals surface area contributed by atoms with Gasteiger partial charge in [-0.15, -0.1) is 11.3 Å². The summed E-state index contributed by atoms with van der Waals surface area (Å²) in [5.74, 6) is -0.217. The maximum Gasteiger partial charge on any atom is 0.345 e. The molecule has 1 unspecified atom stereocenters. The van der Waals surface area contributed by atoms with Crippen LogP contribution < -0.4 is 16.2 Å². The lowest BCUT2D eigenvalue weighted by atomic mass is 9.92. The number of thiophene rings is 1. The van der Waals surface area contributed by atoms with Gasteiger partial charge in [0.15, 0.2) is 0 Å². The molecule has 0 saturated carbocycles. The monoisotopic (exact) mass is 418 g/mol. The quantitative estimate of drug-likeness (QED) is 0.592. The summed E-state index contributed by atoms with van der Waals surface area (Å²) >= 11 is 1.31. The number of H-pyrrole nitrogens is 1. The van der Waals surface area contributed by atoms with E-state index in [1.807, 2.05) is 6.92 Å². The molecule has 0 radical (unpaired) electrons. The van der Waals surface area contributed by atoms with E-state index in [1.54, 1.807) is 26.8 Å². The lowest BCUT2D eigenvalue weighted by Crippen LogP contribution is -2.33. The van der Waals surface area contributed by atoms with Crippen LogP contribution in [-0.4, -0.2) is 33.5 Å². The highest BCUT2D eigenvalue weighted by molar-refractivity contribution is 7.14. The number of hydrogen-bond donors (Lipinski definition) is 4. The van der Waals surface area contributed by atoms with E-state index < -0.39 is 11.4 Å². The zero-order valence-corrected chi connectivity index (χ0v) is 17.8. The van der Waals surface area contributed by atoms with E-state index in [1.165, 1.54) is 11.3 Å². The van der Waals surface area contributed by atoms with Crippen molar-refractivity contribution in [1.82, 2.24) is 9.97 Å². The first-order chi connectivity index (χ1) is 13.5. The number of carboxylic acids is 1. The van der Waals surface area contributed by atoms with Gasteiger partial charge in [0.05, 0.1) is 5.56 Å². The van der Waals surface area contributed by atoms with E-state index in [4.69, 9.17) is 5.11 Å². The van der Waals surface area contributed by atoms with E-state index >= 15 is 0 Å². The minimum atomic E-state index is -0.899. The molecule has 0 saturated heterocycles. The average Bonchev–Trinajstić information content (AvgIpc) is 3.00. The van der Waals surface area contributed by atoms with Gasteiger partial charge in [0.2, 0.25) is 11.9 Å². The van der Waals surface area contributed by atoms with Gasteiger partial charge in [-0.2, -0.15) is 4.98 Å². The van der Waals surface area contributed by atoms with Crippen molar-refractivity contribution < 1.29 is 14.7 Å². The van der Waals surface area contributed by atoms with Crippen molar-refractivity contribution in [3.05, 3.63) is 37.3 Å². The summed E-state index contributed by atoms with van der Waals surface area (Å²) in [5, 5.41) is 15.0. The zero-order chi connectivity index (χ0) is 21.3. The second-order valence-electron chi connectivity index (χ2n) is 8.46. The van der Waals surface area contributed by atoms with Gasteiger partial charge in [-0.05, 0) is 43.7 Å². The molecule has 1 aliphatic heterocycles. The van der Waals surface area contributed by atoms with Crippen LogP contribution in [0.25, 0.3) is 0 Å². The molecule has 9 heteroatoms. The number of carboxylic acid groups (broad SMARTS) is 1. The third-order valence-corrected chi connectivity index (χ3v) is 6.28. The molecule has 1 atom stereocenters. The molecular formula is C20H26N4O4S. The van der Waals surface area contributed by atoms with Crippen LogP contribution in [0.5, 0.6) is 0 Å². The molecule has 2 aromatic heterocycles. The highest BCUT2D eigenvalue weighted by Gasteiger charge is 2.26. The first-order valence-electron chi connectivity index (χ1n) is 9.55. The Labute approximate surface area is 172 Å². The maximum absolute atomic E-state index is 12.5. The summed E-state index contributed by atoms with van der Waals surface area (Å²) in [5.41, 5.74) is 0.740. The largest absolute Gasteiger partial charge is 0.477 e. The number of hydrogen-bond acceptors (Lipinski definition) is 6. The molecule has 1 amide bonds. The summed E-state index contributed by atoms with van der Waals surface area (Å²) in [7, 11) is 0. The molecule has 2 aromatic rings. The third kappa shape index (κ3) is 4.84. The topological polar surface area (TPSA) is 124 Å². The normalized spacial score (nSPS) is 16.1. The molecular weight excluding hydrogens is 392 g/mol. The average molecular weight is 419 g/mol. The third-order valence-electron chi connectivity index (χ3n) is 4.99. The number of nitrogens with zero attached hydrogens (tertiary/aromatic N) is 1. The van der Waals surface area contributed by atoms with E-state index in [9.17, 15) is 14.4 Å². The van der Waals surface area contributed by atoms with E-state index in [0.29, 0.717) is 29.2 Å². The van der Waals surface area contributed by atoms with Crippen molar-refractivity contribution in [3.63, 3.8) is 0 Å². The van der Waals surface area contributed by atoms with Gasteiger partial charge in [-0.25, -0.2) is 4.79 Å². The molecule has 4 N–H and O–H groups in total. The Hall–Kier alpha value is -2.68. The standard InChI is InChI=1S/C20H26N4O4S/c1-10-7-14(17(26)27)29-13(10)6-5-11-8-12-15(21-9-11)22-19(23-16(12)25)24-18(28)20(2,3)4/h7,11H,5-6,8-9H2,1-4H3,(H,26,27)(H3,21,22,23,24,25,28). The van der Waals surface area contributed by atoms with E-state index in [0.717, 1.165) is 23.3 Å². The molecule has 3 heterocycles. The molecule has 0 aliphatic carbocycles. The Morgan fingerprint density at radius 3 is 2.72 bits per heavy atom. The van der Waals surface area contributed by atoms with Gasteiger partial charge in [0.1, 0.15) is 10.7 Å². The van der Waals surface area contributed by atoms with Gasteiger partial charge in [0, 0.05) is 16.8 Å². The smallest absolute Gasteiger partial charge is 0.345 e. The zero-order valence-electron chi connectivity index (χ0n) is 17.0. The van der Waals surface area contributed by atoms with Gasteiger partial charge in [-0.1, -0.05) is 20.8 Å². The highest BCUT2D eigenvalue weighted by atomic mass is 32.1. The Balaban J connectivity index is 1.67. The van der Waals surface area contributed by atoms with Crippen LogP contribution in [-0.2, 0) is 17.6 Å². The van der Waals surface area contributed by atoms with Crippen molar-refractivity contribution in [3.8, 4) is 0 Å². The molecule has 3 rings (SSSR count). The summed E-state index contributed by atoms with van der Waals surface area (Å²) in [6.45, 7) is 7.96. The first kappa shape index (κ1) is 21.0. The second-order valence-corrected chi connectivity index (χ2v) is 9.59. The molecule has 8 nitrogen and oxygen atoms in total. The maximum atomic E-state index is 12.5. The number of aryl methyl sites for hydroxylation is 2. The highest BCUT2D eigenvalue weighted by Crippen LogP contribution is 2.28. The van der Waals surface area contributed by atoms with Crippen LogP contribution in [0.3, 0.4) is 0 Å². The molecule has 29 heavy (non-hydrogen) atoms. The number of aromatic amines is 1. The fourth-order valence-electron chi connectivity index (χ4n) is 3.20. The number of rotatable bonds is 5. The van der Waals surface area contributed by atoms with Crippen LogP contribution in [0.15, 0.2) is 10.9 Å². The lowest BCUT2D eigenvalue weighted by molar-refractivity contribution is -0.123. The van der Waals surface area contributed by atoms with Crippen molar-refractivity contribution in [2.45, 2.75) is 47.0 Å². The Morgan fingerprint density at radius 1 is 1.38 bits per heavy atom. The molecule has 0 aromatic carbocycles. The first-order valence-corrected chi connectivity index (χ1v) is 10.4. The Bertz CT molecular complexity index is 1000. The van der Waals surface area contributed by atoms with Crippen molar-refractivity contribution >= 4 is 35.0 Å². The van der Waals surface area contributed by atoms with Crippen LogP contribution in [0.4, 0.5) is 11.8 Å². The van der Waals surface area contributed by atoms with Gasteiger partial charge in [0.25, 0.3) is 5.56 Å². The molecule has 0 spiro atoms. The molecule has 0 fully saturated rings. The van der Waals surface area contributed by atoms with Crippen LogP contribution in [0.2, 0.25) is 0 Å². The number of aromatic nitrogens is 2. The second kappa shape index (κ2) is 7.98. The van der Waals surface area contributed by atoms with Crippen molar-refractivity contribution in [2.24, 2.45) is 11.3 Å². The summed E-state index contributed by atoms with van der Waals surface area (Å²) < 4.78 is 0. The predicted octanol–water partition coefficient (Wildman–Crippen LogP) is 3.04. The minimum absolute atomic E-state index is 0.148. The predicted molar refractivity (Wildman–Crippen MR) is 113 cm³/mol. The van der Waals surface area contributed by atoms with E-state index in [-0.39, 0.29) is 23.3 Å². The van der Waals surface area contributed by atoms with Crippen molar-refractivity contribution in [1.29, 1.82) is 0 Å². The summed E-state index contributed by atoms with van der Waals surface area (Å²) in [6.07, 6.45) is 2.21. The Kier molecular flexibility index (Phi) is 5.79. The fourth-order valence-corrected chi connectivity index (χ4v) is 4.23. The van der Waals surface area contributed by atoms with Gasteiger partial charge < -0.3 is 10.4 Å². The summed E-state index contributed by atoms with van der Waals surface area (Å²) in [4.78, 5) is 44.2. The molecule has 1 aliphatic rings. The lowest BCUT2D eigenvalue weighted by Gasteiger charge is -2.25. The Morgan fingerprint density at radius 2 is 2.10 bits per heavy atom. The van der Waals surface area contributed by atoms with Crippen molar-refractivity contribution in [2.75, 3.05) is 17.2 Å². The number of anilines is 2. The number of fused-ring (bicyclic) bond motifs is 1. The molecule has 156 valence electrons.